The highest BCUT2D eigenvalue weighted by Gasteiger charge is 2.18. The molecule has 10 heteroatoms. The number of hydrogen-bond acceptors (Lipinski definition) is 9. The molecule has 0 bridgehead atoms. The Balaban J connectivity index is 1.85. The van der Waals surface area contributed by atoms with E-state index in [0.29, 0.717) is 44.9 Å². The summed E-state index contributed by atoms with van der Waals surface area (Å²) in [7, 11) is 5.64. The molecule has 4 rings (SSSR count). The van der Waals surface area contributed by atoms with Crippen LogP contribution in [0.1, 0.15) is 12.5 Å². The van der Waals surface area contributed by atoms with Crippen LogP contribution in [-0.2, 0) is 0 Å². The van der Waals surface area contributed by atoms with Crippen molar-refractivity contribution in [1.29, 1.82) is 0 Å². The van der Waals surface area contributed by atoms with Gasteiger partial charge in [0.05, 0.1) is 32.3 Å². The van der Waals surface area contributed by atoms with E-state index in [1.54, 1.807) is 30.9 Å². The molecule has 0 radical (unpaired) electrons. The van der Waals surface area contributed by atoms with E-state index in [-0.39, 0.29) is 11.9 Å². The van der Waals surface area contributed by atoms with Gasteiger partial charge >= 0.3 is 0 Å². The number of anilines is 2. The van der Waals surface area contributed by atoms with E-state index in [4.69, 9.17) is 10.5 Å². The van der Waals surface area contributed by atoms with Gasteiger partial charge in [-0.1, -0.05) is 0 Å². The van der Waals surface area contributed by atoms with E-state index in [1.807, 2.05) is 38.1 Å². The van der Waals surface area contributed by atoms with E-state index < -0.39 is 0 Å². The molecule has 0 aliphatic rings. The molecule has 0 fully saturated rings. The highest BCUT2D eigenvalue weighted by atomic mass is 32.1. The van der Waals surface area contributed by atoms with Crippen LogP contribution < -0.4 is 15.8 Å². The summed E-state index contributed by atoms with van der Waals surface area (Å²) in [6.45, 7) is 2.69. The number of aromatic nitrogens is 3. The van der Waals surface area contributed by atoms with Crippen molar-refractivity contribution in [2.24, 2.45) is 10.7 Å². The topological polar surface area (TPSA) is 102 Å². The number of nitrogens with zero attached hydrogens (tertiary/aromatic N) is 5. The molecule has 2 aromatic heterocycles. The average Bonchev–Trinajstić information content (AvgIpc) is 3.28. The van der Waals surface area contributed by atoms with Crippen LogP contribution in [0, 0.1) is 5.82 Å². The van der Waals surface area contributed by atoms with E-state index in [0.717, 1.165) is 11.1 Å². The zero-order valence-corrected chi connectivity index (χ0v) is 20.2. The molecule has 1 atom stereocenters. The number of nitrogens with two attached hydrogens (primary N) is 1. The number of fused-ring (bicyclic) bond motifs is 2. The molecule has 2 aromatic carbocycles. The van der Waals surface area contributed by atoms with Gasteiger partial charge in [0.2, 0.25) is 0 Å². The molecule has 3 N–H and O–H groups in total. The van der Waals surface area contributed by atoms with Crippen LogP contribution in [0.2, 0.25) is 0 Å². The molecule has 2 heterocycles. The lowest BCUT2D eigenvalue weighted by molar-refractivity contribution is 0.179. The van der Waals surface area contributed by atoms with Crippen molar-refractivity contribution >= 4 is 55.7 Å². The number of benzene rings is 2. The molecule has 0 amide bonds. The van der Waals surface area contributed by atoms with Crippen LogP contribution >= 0.6 is 11.3 Å². The lowest BCUT2D eigenvalue weighted by Crippen LogP contribution is -2.28. The van der Waals surface area contributed by atoms with Crippen LogP contribution in [0.3, 0.4) is 0 Å². The zero-order valence-electron chi connectivity index (χ0n) is 19.4. The third-order valence-corrected chi connectivity index (χ3v) is 5.96. The Hall–Kier alpha value is -3.63. The van der Waals surface area contributed by atoms with Crippen molar-refractivity contribution in [3.05, 3.63) is 53.7 Å². The number of halogens is 1. The molecule has 0 spiro atoms. The number of allylic oxidation sites excluding steroid dienone is 1. The molecule has 8 nitrogen and oxygen atoms in total. The van der Waals surface area contributed by atoms with Crippen LogP contribution in [0.5, 0.6) is 5.75 Å². The number of nitrogens with one attached hydrogen (secondary N) is 1. The summed E-state index contributed by atoms with van der Waals surface area (Å²) in [4.78, 5) is 19.2. The van der Waals surface area contributed by atoms with E-state index in [2.05, 4.69) is 25.3 Å². The molecule has 34 heavy (non-hydrogen) atoms. The van der Waals surface area contributed by atoms with Gasteiger partial charge in [0.25, 0.3) is 0 Å². The summed E-state index contributed by atoms with van der Waals surface area (Å²) in [5, 5.41) is 3.78. The maximum absolute atomic E-state index is 15.1. The number of thiazole rings is 1. The lowest BCUT2D eigenvalue weighted by Gasteiger charge is -2.21. The van der Waals surface area contributed by atoms with Crippen LogP contribution in [-0.4, -0.2) is 59.9 Å². The minimum atomic E-state index is -0.376. The van der Waals surface area contributed by atoms with Gasteiger partial charge in [0.1, 0.15) is 24.0 Å². The number of ether oxygens (including phenoxy) is 1. The fourth-order valence-electron chi connectivity index (χ4n) is 3.75. The lowest BCUT2D eigenvalue weighted by atomic mass is 10.0. The van der Waals surface area contributed by atoms with Crippen molar-refractivity contribution in [2.45, 2.75) is 13.0 Å². The van der Waals surface area contributed by atoms with Crippen molar-refractivity contribution < 1.29 is 9.13 Å². The van der Waals surface area contributed by atoms with E-state index in [9.17, 15) is 0 Å². The maximum Gasteiger partial charge on any atom is 0.166 e. The van der Waals surface area contributed by atoms with Gasteiger partial charge < -0.3 is 20.7 Å². The van der Waals surface area contributed by atoms with Crippen molar-refractivity contribution in [3.8, 4) is 5.75 Å². The predicted molar refractivity (Wildman–Crippen MR) is 138 cm³/mol. The highest BCUT2D eigenvalue weighted by Crippen LogP contribution is 2.36. The minimum Gasteiger partial charge on any atom is -0.489 e. The number of aliphatic imine (C=N–C) groups is 1. The highest BCUT2D eigenvalue weighted by molar-refractivity contribution is 7.16. The van der Waals surface area contributed by atoms with Crippen molar-refractivity contribution in [2.75, 3.05) is 33.0 Å². The SMILES string of the molecule is CN=C/C(=C\N)c1cc(O[C@H](C)CN(C)C)c2c(Nc3ccc4ncsc4c3F)ncnc2c1. The van der Waals surface area contributed by atoms with Gasteiger partial charge in [-0.15, -0.1) is 11.3 Å². The van der Waals surface area contributed by atoms with E-state index >= 15 is 4.39 Å². The normalized spacial score (nSPS) is 13.3. The summed E-state index contributed by atoms with van der Waals surface area (Å²) in [6, 6.07) is 7.19. The molecular formula is C24H26FN7OS. The quantitative estimate of drug-likeness (QED) is 0.360. The van der Waals surface area contributed by atoms with Crippen molar-refractivity contribution in [1.82, 2.24) is 19.9 Å². The number of rotatable bonds is 8. The van der Waals surface area contributed by atoms with Crippen LogP contribution in [0.25, 0.3) is 26.7 Å². The summed E-state index contributed by atoms with van der Waals surface area (Å²) in [5.74, 6) is 0.626. The Labute approximate surface area is 201 Å². The number of likely N-dealkylation sites (N-methyl/N-ethyl adjacent to an activating group) is 1. The summed E-state index contributed by atoms with van der Waals surface area (Å²) < 4.78 is 22.0. The first-order valence-corrected chi connectivity index (χ1v) is 11.5. The van der Waals surface area contributed by atoms with Gasteiger partial charge in [-0.2, -0.15) is 0 Å². The largest absolute Gasteiger partial charge is 0.489 e. The molecule has 0 aliphatic carbocycles. The van der Waals surface area contributed by atoms with Crippen LogP contribution in [0.4, 0.5) is 15.9 Å². The first-order valence-electron chi connectivity index (χ1n) is 10.6. The average molecular weight is 480 g/mol. The smallest absolute Gasteiger partial charge is 0.166 e. The second-order valence-electron chi connectivity index (χ2n) is 8.04. The van der Waals surface area contributed by atoms with Gasteiger partial charge in [0.15, 0.2) is 5.82 Å². The standard InChI is InChI=1S/C24H26FN7OS/c1-14(11-32(3)4)33-20-8-15(16(9-26)10-27-2)7-19-21(20)24(29-12-28-19)31-17-5-6-18-23(22(17)25)34-13-30-18/h5-10,12-14H,11,26H2,1-4H3,(H,28,29,31)/b16-9+,27-10?/t14-/m1/s1. The molecule has 176 valence electrons. The van der Waals surface area contributed by atoms with Gasteiger partial charge in [0, 0.05) is 31.6 Å². The Bertz CT molecular complexity index is 1380. The molecule has 0 aliphatic heterocycles. The molecule has 0 saturated carbocycles. The van der Waals surface area contributed by atoms with Gasteiger partial charge in [-0.25, -0.2) is 19.3 Å². The summed E-state index contributed by atoms with van der Waals surface area (Å²) in [5.41, 5.74) is 10.5. The molecule has 4 aromatic rings. The fourth-order valence-corrected chi connectivity index (χ4v) is 4.48. The van der Waals surface area contributed by atoms with Gasteiger partial charge in [-0.3, -0.25) is 4.99 Å². The monoisotopic (exact) mass is 479 g/mol. The predicted octanol–water partition coefficient (Wildman–Crippen LogP) is 4.45. The third-order valence-electron chi connectivity index (χ3n) is 5.13. The molecular weight excluding hydrogens is 453 g/mol. The minimum absolute atomic E-state index is 0.128. The fraction of sp³-hybridized carbons (Fsp3) is 0.250. The van der Waals surface area contributed by atoms with Crippen molar-refractivity contribution in [3.63, 3.8) is 0 Å². The molecule has 0 saturated heterocycles. The Kier molecular flexibility index (Phi) is 6.99. The van der Waals surface area contributed by atoms with Gasteiger partial charge in [-0.05, 0) is 50.8 Å². The zero-order chi connectivity index (χ0) is 24.2. The summed E-state index contributed by atoms with van der Waals surface area (Å²) >= 11 is 1.25. The first-order chi connectivity index (χ1) is 16.4. The summed E-state index contributed by atoms with van der Waals surface area (Å²) in [6.07, 6.45) is 4.47. The van der Waals surface area contributed by atoms with E-state index in [1.165, 1.54) is 23.9 Å². The second-order valence-corrected chi connectivity index (χ2v) is 8.90. The Morgan fingerprint density at radius 1 is 1.26 bits per heavy atom. The third kappa shape index (κ3) is 4.82. The Morgan fingerprint density at radius 2 is 2.09 bits per heavy atom. The molecule has 0 unspecified atom stereocenters. The second kappa shape index (κ2) is 10.1. The first kappa shape index (κ1) is 23.5. The number of hydrogen-bond donors (Lipinski definition) is 2. The Morgan fingerprint density at radius 3 is 2.82 bits per heavy atom. The maximum atomic E-state index is 15.1. The van der Waals surface area contributed by atoms with Crippen LogP contribution in [0.15, 0.2) is 47.3 Å².